The highest BCUT2D eigenvalue weighted by Gasteiger charge is 2.56. The van der Waals surface area contributed by atoms with Gasteiger partial charge in [0.15, 0.2) is 0 Å². The molecule has 1 atom stereocenters. The van der Waals surface area contributed by atoms with Crippen LogP contribution in [0.3, 0.4) is 0 Å². The maximum atomic E-state index is 12.9. The van der Waals surface area contributed by atoms with E-state index in [1.165, 1.54) is 12.1 Å². The fourth-order valence-electron chi connectivity index (χ4n) is 3.90. The van der Waals surface area contributed by atoms with E-state index in [2.05, 4.69) is 5.32 Å². The van der Waals surface area contributed by atoms with Crippen molar-refractivity contribution in [1.82, 2.24) is 5.32 Å². The molecule has 1 aliphatic heterocycles. The zero-order chi connectivity index (χ0) is 24.6. The number of esters is 3. The first-order chi connectivity index (χ1) is 16.4. The average molecular weight is 468 g/mol. The highest BCUT2D eigenvalue weighted by Crippen LogP contribution is 2.42. The Morgan fingerprint density at radius 3 is 2.21 bits per heavy atom. The molecule has 8 heteroatoms. The van der Waals surface area contributed by atoms with Gasteiger partial charge in [0.2, 0.25) is 5.54 Å². The SMILES string of the molecule is CCOC(=O)C1(C(=O)OCC)C/C(=C\C(=O)OCCc2ccccc2)C(c2ccccc2O)N1. The van der Waals surface area contributed by atoms with Crippen molar-refractivity contribution in [2.45, 2.75) is 38.3 Å². The normalized spacial score (nSPS) is 17.8. The Labute approximate surface area is 198 Å². The first kappa shape index (κ1) is 25.0. The molecular formula is C26H29NO7. The van der Waals surface area contributed by atoms with E-state index in [0.717, 1.165) is 5.56 Å². The van der Waals surface area contributed by atoms with Gasteiger partial charge in [0.25, 0.3) is 0 Å². The highest BCUT2D eigenvalue weighted by atomic mass is 16.6. The maximum absolute atomic E-state index is 12.9. The van der Waals surface area contributed by atoms with Crippen LogP contribution in [0.2, 0.25) is 0 Å². The summed E-state index contributed by atoms with van der Waals surface area (Å²) in [6.45, 7) is 3.55. The van der Waals surface area contributed by atoms with Gasteiger partial charge >= 0.3 is 17.9 Å². The quantitative estimate of drug-likeness (QED) is 0.251. The fraction of sp³-hybridized carbons (Fsp3) is 0.346. The van der Waals surface area contributed by atoms with Crippen LogP contribution in [-0.2, 0) is 35.0 Å². The van der Waals surface area contributed by atoms with E-state index in [9.17, 15) is 19.5 Å². The van der Waals surface area contributed by atoms with Gasteiger partial charge in [-0.05, 0) is 31.1 Å². The molecule has 1 unspecified atom stereocenters. The van der Waals surface area contributed by atoms with Crippen molar-refractivity contribution in [3.8, 4) is 5.75 Å². The lowest BCUT2D eigenvalue weighted by Gasteiger charge is -2.25. The Balaban J connectivity index is 1.89. The summed E-state index contributed by atoms with van der Waals surface area (Å²) in [5, 5.41) is 13.4. The third kappa shape index (κ3) is 5.63. The van der Waals surface area contributed by atoms with Crippen molar-refractivity contribution in [3.63, 3.8) is 0 Å². The maximum Gasteiger partial charge on any atom is 0.338 e. The molecule has 0 bridgehead atoms. The highest BCUT2D eigenvalue weighted by molar-refractivity contribution is 6.06. The van der Waals surface area contributed by atoms with Crippen molar-refractivity contribution in [2.75, 3.05) is 19.8 Å². The van der Waals surface area contributed by atoms with Gasteiger partial charge in [-0.1, -0.05) is 48.5 Å². The Kier molecular flexibility index (Phi) is 8.43. The summed E-state index contributed by atoms with van der Waals surface area (Å²) in [6, 6.07) is 15.3. The molecular weight excluding hydrogens is 438 g/mol. The van der Waals surface area contributed by atoms with Gasteiger partial charge in [0.1, 0.15) is 5.75 Å². The van der Waals surface area contributed by atoms with Crippen LogP contribution in [0.5, 0.6) is 5.75 Å². The molecule has 0 saturated carbocycles. The monoisotopic (exact) mass is 467 g/mol. The van der Waals surface area contributed by atoms with E-state index in [1.807, 2.05) is 30.3 Å². The van der Waals surface area contributed by atoms with E-state index in [0.29, 0.717) is 17.6 Å². The van der Waals surface area contributed by atoms with Crippen LogP contribution < -0.4 is 5.32 Å². The average Bonchev–Trinajstić information content (AvgIpc) is 3.20. The second-order valence-electron chi connectivity index (χ2n) is 7.78. The summed E-state index contributed by atoms with van der Waals surface area (Å²) in [5.74, 6) is -2.28. The Morgan fingerprint density at radius 2 is 1.59 bits per heavy atom. The van der Waals surface area contributed by atoms with Crippen molar-refractivity contribution in [2.24, 2.45) is 0 Å². The molecule has 180 valence electrons. The topological polar surface area (TPSA) is 111 Å². The number of phenols is 1. The van der Waals surface area contributed by atoms with Crippen molar-refractivity contribution >= 4 is 17.9 Å². The largest absolute Gasteiger partial charge is 0.508 e. The van der Waals surface area contributed by atoms with Crippen LogP contribution in [-0.4, -0.2) is 48.4 Å². The molecule has 8 nitrogen and oxygen atoms in total. The molecule has 2 aromatic rings. The van der Waals surface area contributed by atoms with Crippen LogP contribution in [0.25, 0.3) is 0 Å². The number of carbonyl (C=O) groups excluding carboxylic acids is 3. The first-order valence-electron chi connectivity index (χ1n) is 11.2. The van der Waals surface area contributed by atoms with Crippen molar-refractivity contribution in [1.29, 1.82) is 0 Å². The predicted octanol–water partition coefficient (Wildman–Crippen LogP) is 3.00. The van der Waals surface area contributed by atoms with Crippen LogP contribution in [0, 0.1) is 0 Å². The van der Waals surface area contributed by atoms with E-state index in [-0.39, 0.29) is 32.0 Å². The summed E-state index contributed by atoms with van der Waals surface area (Å²) >= 11 is 0. The van der Waals surface area contributed by atoms with Crippen molar-refractivity contribution < 1.29 is 33.7 Å². The number of phenolic OH excluding ortho intramolecular Hbond substituents is 1. The summed E-state index contributed by atoms with van der Waals surface area (Å²) in [6.07, 6.45) is 1.64. The Bertz CT molecular complexity index is 1030. The zero-order valence-corrected chi connectivity index (χ0v) is 19.3. The Morgan fingerprint density at radius 1 is 0.971 bits per heavy atom. The molecule has 2 N–H and O–H groups in total. The van der Waals surface area contributed by atoms with Gasteiger partial charge in [-0.2, -0.15) is 0 Å². The number of para-hydroxylation sites is 1. The third-order valence-corrected chi connectivity index (χ3v) is 5.51. The second-order valence-corrected chi connectivity index (χ2v) is 7.78. The van der Waals surface area contributed by atoms with E-state index >= 15 is 0 Å². The molecule has 3 rings (SSSR count). The molecule has 1 fully saturated rings. The molecule has 0 radical (unpaired) electrons. The number of ether oxygens (including phenoxy) is 3. The van der Waals surface area contributed by atoms with E-state index in [1.54, 1.807) is 32.0 Å². The molecule has 2 aromatic carbocycles. The van der Waals surface area contributed by atoms with Crippen LogP contribution in [0.15, 0.2) is 66.2 Å². The third-order valence-electron chi connectivity index (χ3n) is 5.51. The number of rotatable bonds is 9. The number of carbonyl (C=O) groups is 3. The van der Waals surface area contributed by atoms with Gasteiger partial charge in [0, 0.05) is 24.5 Å². The smallest absolute Gasteiger partial charge is 0.338 e. The minimum absolute atomic E-state index is 0.0492. The first-order valence-corrected chi connectivity index (χ1v) is 11.2. The minimum atomic E-state index is -1.85. The molecule has 34 heavy (non-hydrogen) atoms. The number of hydrogen-bond acceptors (Lipinski definition) is 8. The van der Waals surface area contributed by atoms with Crippen LogP contribution in [0.1, 0.15) is 37.4 Å². The van der Waals surface area contributed by atoms with Gasteiger partial charge in [-0.25, -0.2) is 14.4 Å². The number of nitrogens with one attached hydrogen (secondary N) is 1. The van der Waals surface area contributed by atoms with E-state index < -0.39 is 29.5 Å². The van der Waals surface area contributed by atoms with Gasteiger partial charge in [-0.3, -0.25) is 5.32 Å². The van der Waals surface area contributed by atoms with Gasteiger partial charge in [-0.15, -0.1) is 0 Å². The molecule has 0 aromatic heterocycles. The standard InChI is InChI=1S/C26H29NO7/c1-3-32-24(30)26(25(31)33-4-2)17-19(23(27-26)20-12-8-9-13-21(20)28)16-22(29)34-15-14-18-10-6-5-7-11-18/h5-13,16,23,27-28H,3-4,14-15,17H2,1-2H3/b19-16+. The molecule has 0 amide bonds. The predicted molar refractivity (Wildman–Crippen MR) is 124 cm³/mol. The summed E-state index contributed by atoms with van der Waals surface area (Å²) in [4.78, 5) is 38.5. The van der Waals surface area contributed by atoms with Crippen LogP contribution >= 0.6 is 0 Å². The number of aromatic hydroxyl groups is 1. The van der Waals surface area contributed by atoms with Gasteiger partial charge in [0.05, 0.1) is 25.9 Å². The van der Waals surface area contributed by atoms with Gasteiger partial charge < -0.3 is 19.3 Å². The lowest BCUT2D eigenvalue weighted by atomic mass is 9.93. The summed E-state index contributed by atoms with van der Waals surface area (Å²) in [5.41, 5.74) is -0.0235. The molecule has 0 aliphatic carbocycles. The summed E-state index contributed by atoms with van der Waals surface area (Å²) in [7, 11) is 0. The number of hydrogen-bond donors (Lipinski definition) is 2. The second kappa shape index (κ2) is 11.5. The number of benzene rings is 2. The molecule has 1 saturated heterocycles. The summed E-state index contributed by atoms with van der Waals surface area (Å²) < 4.78 is 15.7. The molecule has 1 aliphatic rings. The van der Waals surface area contributed by atoms with Crippen molar-refractivity contribution in [3.05, 3.63) is 77.4 Å². The zero-order valence-electron chi connectivity index (χ0n) is 19.3. The lowest BCUT2D eigenvalue weighted by molar-refractivity contribution is -0.165. The molecule has 0 spiro atoms. The minimum Gasteiger partial charge on any atom is -0.508 e. The lowest BCUT2D eigenvalue weighted by Crippen LogP contribution is -2.56. The van der Waals surface area contributed by atoms with Crippen LogP contribution in [0.4, 0.5) is 0 Å². The molecule has 1 heterocycles. The Hall–Kier alpha value is -3.65. The fourth-order valence-corrected chi connectivity index (χ4v) is 3.90. The van der Waals surface area contributed by atoms with E-state index in [4.69, 9.17) is 14.2 Å².